The molecule has 1 aliphatic rings. The van der Waals surface area contributed by atoms with E-state index in [1.165, 1.54) is 25.3 Å². The van der Waals surface area contributed by atoms with Gasteiger partial charge in [-0.3, -0.25) is 9.59 Å². The van der Waals surface area contributed by atoms with E-state index in [0.717, 1.165) is 6.42 Å². The maximum Gasteiger partial charge on any atom is 0.261 e. The van der Waals surface area contributed by atoms with Gasteiger partial charge in [0.05, 0.1) is 7.11 Å². The van der Waals surface area contributed by atoms with E-state index in [2.05, 4.69) is 10.5 Å². The number of amides is 2. The number of aromatic nitrogens is 1. The molecule has 3 rings (SSSR count). The van der Waals surface area contributed by atoms with Crippen LogP contribution in [-0.4, -0.2) is 63.2 Å². The van der Waals surface area contributed by atoms with Crippen molar-refractivity contribution in [1.82, 2.24) is 15.4 Å². The fourth-order valence-corrected chi connectivity index (χ4v) is 3.48. The predicted molar refractivity (Wildman–Crippen MR) is 105 cm³/mol. The summed E-state index contributed by atoms with van der Waals surface area (Å²) in [4.78, 5) is 28.4. The maximum absolute atomic E-state index is 13.8. The summed E-state index contributed by atoms with van der Waals surface area (Å²) in [5.74, 6) is 0.0318. The molecule has 0 spiro atoms. The molecule has 0 aliphatic carbocycles. The number of likely N-dealkylation sites (tertiary alicyclic amines) is 1. The molecule has 2 aromatic rings. The number of carbonyl (C=O) groups excluding carboxylic acids is 2. The van der Waals surface area contributed by atoms with Crippen molar-refractivity contribution in [2.24, 2.45) is 5.92 Å². The van der Waals surface area contributed by atoms with E-state index in [-0.39, 0.29) is 29.2 Å². The molecule has 29 heavy (non-hydrogen) atoms. The highest BCUT2D eigenvalue weighted by Crippen LogP contribution is 2.35. The van der Waals surface area contributed by atoms with Crippen molar-refractivity contribution in [2.75, 3.05) is 46.2 Å². The van der Waals surface area contributed by atoms with Gasteiger partial charge in [-0.25, -0.2) is 4.39 Å². The monoisotopic (exact) mass is 404 g/mol. The molecule has 1 aliphatic heterocycles. The molecule has 156 valence electrons. The van der Waals surface area contributed by atoms with Crippen molar-refractivity contribution < 1.29 is 23.2 Å². The first kappa shape index (κ1) is 20.6. The number of benzene rings is 1. The Hall–Kier alpha value is -3.10. The van der Waals surface area contributed by atoms with Gasteiger partial charge in [-0.2, -0.15) is 0 Å². The molecule has 1 fully saturated rings. The minimum Gasteiger partial charge on any atom is -0.494 e. The van der Waals surface area contributed by atoms with Crippen molar-refractivity contribution in [3.8, 4) is 17.1 Å². The molecule has 0 bridgehead atoms. The molecule has 1 N–H and O–H groups in total. The smallest absolute Gasteiger partial charge is 0.261 e. The van der Waals surface area contributed by atoms with Crippen LogP contribution < -0.4 is 15.0 Å². The van der Waals surface area contributed by atoms with Crippen LogP contribution in [0.5, 0.6) is 5.75 Å². The topological polar surface area (TPSA) is 87.9 Å². The van der Waals surface area contributed by atoms with E-state index < -0.39 is 5.82 Å². The van der Waals surface area contributed by atoms with E-state index in [1.54, 1.807) is 30.9 Å². The first-order valence-electron chi connectivity index (χ1n) is 9.36. The van der Waals surface area contributed by atoms with Gasteiger partial charge in [0.25, 0.3) is 5.91 Å². The normalized spacial score (nSPS) is 16.0. The Labute approximate surface area is 168 Å². The minimum atomic E-state index is -0.506. The molecule has 1 saturated heterocycles. The summed E-state index contributed by atoms with van der Waals surface area (Å²) < 4.78 is 24.3. The van der Waals surface area contributed by atoms with Crippen LogP contribution in [0.25, 0.3) is 11.3 Å². The number of methoxy groups -OCH3 is 1. The summed E-state index contributed by atoms with van der Waals surface area (Å²) >= 11 is 0. The number of hydrogen-bond donors (Lipinski definition) is 1. The van der Waals surface area contributed by atoms with Gasteiger partial charge in [0.15, 0.2) is 23.1 Å². The van der Waals surface area contributed by atoms with E-state index in [1.807, 2.05) is 0 Å². The Bertz CT molecular complexity index is 912. The Morgan fingerprint density at radius 2 is 2.17 bits per heavy atom. The second kappa shape index (κ2) is 8.50. The number of ether oxygens (including phenoxy) is 1. The number of halogens is 1. The standard InChI is InChI=1S/C20H25FN4O4/c1-22-16(26)9-12-7-8-25(11-12)20(27)17-18(29-23-19(17)24(2)3)13-5-6-14(21)15(10-13)28-4/h5-6,10,12H,7-9,11H2,1-4H3,(H,22,26). The van der Waals surface area contributed by atoms with Gasteiger partial charge in [0.2, 0.25) is 5.91 Å². The van der Waals surface area contributed by atoms with Crippen molar-refractivity contribution >= 4 is 17.6 Å². The van der Waals surface area contributed by atoms with Crippen LogP contribution in [0.3, 0.4) is 0 Å². The van der Waals surface area contributed by atoms with Crippen LogP contribution in [0, 0.1) is 11.7 Å². The van der Waals surface area contributed by atoms with Crippen LogP contribution in [-0.2, 0) is 4.79 Å². The summed E-state index contributed by atoms with van der Waals surface area (Å²) in [6.45, 7) is 1.03. The predicted octanol–water partition coefficient (Wildman–Crippen LogP) is 2.15. The lowest BCUT2D eigenvalue weighted by atomic mass is 10.0. The van der Waals surface area contributed by atoms with E-state index in [4.69, 9.17) is 9.26 Å². The van der Waals surface area contributed by atoms with Crippen molar-refractivity contribution in [3.63, 3.8) is 0 Å². The van der Waals surface area contributed by atoms with Crippen molar-refractivity contribution in [2.45, 2.75) is 12.8 Å². The molecule has 9 heteroatoms. The summed E-state index contributed by atoms with van der Waals surface area (Å²) in [6.07, 6.45) is 1.13. The van der Waals surface area contributed by atoms with Crippen LogP contribution in [0.4, 0.5) is 10.2 Å². The second-order valence-corrected chi connectivity index (χ2v) is 7.24. The van der Waals surface area contributed by atoms with Crippen molar-refractivity contribution in [1.29, 1.82) is 0 Å². The maximum atomic E-state index is 13.8. The molecule has 8 nitrogen and oxygen atoms in total. The Kier molecular flexibility index (Phi) is 6.05. The Morgan fingerprint density at radius 1 is 1.41 bits per heavy atom. The minimum absolute atomic E-state index is 0.0395. The molecule has 0 radical (unpaired) electrons. The third-order valence-electron chi connectivity index (χ3n) is 5.05. The fraction of sp³-hybridized carbons (Fsp3) is 0.450. The zero-order chi connectivity index (χ0) is 21.1. The highest BCUT2D eigenvalue weighted by Gasteiger charge is 2.34. The van der Waals surface area contributed by atoms with Gasteiger partial charge in [0.1, 0.15) is 5.56 Å². The fourth-order valence-electron chi connectivity index (χ4n) is 3.48. The molecule has 1 unspecified atom stereocenters. The third kappa shape index (κ3) is 4.18. The van der Waals surface area contributed by atoms with Crippen LogP contribution in [0.15, 0.2) is 22.7 Å². The first-order chi connectivity index (χ1) is 13.8. The van der Waals surface area contributed by atoms with Crippen LogP contribution in [0.1, 0.15) is 23.2 Å². The number of nitrogens with one attached hydrogen (secondary N) is 1. The summed E-state index contributed by atoms with van der Waals surface area (Å²) in [6, 6.07) is 4.26. The zero-order valence-corrected chi connectivity index (χ0v) is 17.0. The number of carbonyl (C=O) groups is 2. The first-order valence-corrected chi connectivity index (χ1v) is 9.36. The molecule has 1 aromatic carbocycles. The molecule has 2 heterocycles. The van der Waals surface area contributed by atoms with E-state index in [0.29, 0.717) is 36.5 Å². The zero-order valence-electron chi connectivity index (χ0n) is 17.0. The molecule has 0 saturated carbocycles. The number of rotatable bonds is 6. The lowest BCUT2D eigenvalue weighted by Gasteiger charge is -2.18. The summed E-state index contributed by atoms with van der Waals surface area (Å²) in [5, 5.41) is 6.66. The number of hydrogen-bond acceptors (Lipinski definition) is 6. The SMILES string of the molecule is CNC(=O)CC1CCN(C(=O)c2c(N(C)C)noc2-c2ccc(F)c(OC)c2)C1. The van der Waals surface area contributed by atoms with Crippen LogP contribution in [0.2, 0.25) is 0 Å². The third-order valence-corrected chi connectivity index (χ3v) is 5.05. The molecular weight excluding hydrogens is 379 g/mol. The van der Waals surface area contributed by atoms with Gasteiger partial charge in [-0.1, -0.05) is 5.16 Å². The summed E-state index contributed by atoms with van der Waals surface area (Å²) in [7, 11) is 6.50. The highest BCUT2D eigenvalue weighted by molar-refractivity contribution is 6.04. The molecule has 1 aromatic heterocycles. The van der Waals surface area contributed by atoms with Crippen molar-refractivity contribution in [3.05, 3.63) is 29.6 Å². The number of nitrogens with zero attached hydrogens (tertiary/aromatic N) is 3. The lowest BCUT2D eigenvalue weighted by Crippen LogP contribution is -2.31. The summed E-state index contributed by atoms with van der Waals surface area (Å²) in [5.41, 5.74) is 0.803. The average Bonchev–Trinajstić information content (AvgIpc) is 3.35. The van der Waals surface area contributed by atoms with Crippen LogP contribution >= 0.6 is 0 Å². The average molecular weight is 404 g/mol. The molecule has 2 amide bonds. The van der Waals surface area contributed by atoms with Gasteiger partial charge in [-0.05, 0) is 30.5 Å². The van der Waals surface area contributed by atoms with Gasteiger partial charge >= 0.3 is 0 Å². The quantitative estimate of drug-likeness (QED) is 0.794. The largest absolute Gasteiger partial charge is 0.494 e. The van der Waals surface area contributed by atoms with Gasteiger partial charge in [0, 0.05) is 46.2 Å². The van der Waals surface area contributed by atoms with Gasteiger partial charge < -0.3 is 24.4 Å². The van der Waals surface area contributed by atoms with Gasteiger partial charge in [-0.15, -0.1) is 0 Å². The molecular formula is C20H25FN4O4. The lowest BCUT2D eigenvalue weighted by molar-refractivity contribution is -0.121. The highest BCUT2D eigenvalue weighted by atomic mass is 19.1. The van der Waals surface area contributed by atoms with E-state index >= 15 is 0 Å². The Morgan fingerprint density at radius 3 is 2.83 bits per heavy atom. The molecule has 1 atom stereocenters. The number of anilines is 1. The van der Waals surface area contributed by atoms with E-state index in [9.17, 15) is 14.0 Å². The second-order valence-electron chi connectivity index (χ2n) is 7.24. The Balaban J connectivity index is 1.93.